The molecule has 8 aromatic carbocycles. The molecule has 2 unspecified atom stereocenters. The maximum Gasteiger partial charge on any atom is 0.150 e. The number of para-hydroxylation sites is 2. The minimum absolute atomic E-state index is 0.647. The second-order valence-electron chi connectivity index (χ2n) is 16.1. The number of anilines is 2. The molecule has 0 aliphatic carbocycles. The molecular formula is C64H68N2O2. The largest absolute Gasteiger partial charge is 0.381 e. The van der Waals surface area contributed by atoms with Crippen LogP contribution < -0.4 is 10.6 Å². The van der Waals surface area contributed by atoms with E-state index in [0.29, 0.717) is 0 Å². The molecule has 4 nitrogen and oxygen atoms in total. The summed E-state index contributed by atoms with van der Waals surface area (Å²) in [5.41, 5.74) is 6.25. The minimum atomic E-state index is -1.28. The third-order valence-corrected chi connectivity index (χ3v) is 11.7. The van der Waals surface area contributed by atoms with Gasteiger partial charge in [0.05, 0.1) is 0 Å². The standard InChI is InChI=1S/C30H29NO.C30H27NO.2C2H6/c2*1-3-23-29(2,32)27-21-13-14-22-28(27)31-30(24-15-7-4-8-16-24,25-17-9-5-10-18-25)26-19-11-6-12-20-26;2*1-2/h3-23,31-32H,1-2H3;4-22,31-32H,1-2H3;2*1-2H3/b23-3+;;;. The summed E-state index contributed by atoms with van der Waals surface area (Å²) in [6.07, 6.45) is 3.71. The Bertz CT molecular complexity index is 2580. The summed E-state index contributed by atoms with van der Waals surface area (Å²) in [4.78, 5) is 0. The van der Waals surface area contributed by atoms with Crippen molar-refractivity contribution in [3.63, 3.8) is 0 Å². The highest BCUT2D eigenvalue weighted by molar-refractivity contribution is 5.66. The zero-order chi connectivity index (χ0) is 48.9. The summed E-state index contributed by atoms with van der Waals surface area (Å²) in [6, 6.07) is 78.5. The van der Waals surface area contributed by atoms with Crippen LogP contribution in [0.1, 0.15) is 99.9 Å². The first-order valence-electron chi connectivity index (χ1n) is 23.8. The average Bonchev–Trinajstić information content (AvgIpc) is 3.40. The number of hydrogen-bond donors (Lipinski definition) is 4. The van der Waals surface area contributed by atoms with Gasteiger partial charge in [-0.25, -0.2) is 0 Å². The number of nitrogens with one attached hydrogen (secondary N) is 2. The fourth-order valence-corrected chi connectivity index (χ4v) is 8.74. The summed E-state index contributed by atoms with van der Waals surface area (Å²) >= 11 is 0. The molecule has 0 amide bonds. The molecule has 0 bridgehead atoms. The molecule has 4 heteroatoms. The minimum Gasteiger partial charge on any atom is -0.381 e. The van der Waals surface area contributed by atoms with E-state index in [4.69, 9.17) is 0 Å². The van der Waals surface area contributed by atoms with Gasteiger partial charge in [0.2, 0.25) is 0 Å². The summed E-state index contributed by atoms with van der Waals surface area (Å²) in [5.74, 6) is 5.81. The molecule has 0 aliphatic heterocycles. The zero-order valence-corrected chi connectivity index (χ0v) is 41.0. The van der Waals surface area contributed by atoms with Crippen LogP contribution in [0.15, 0.2) is 243 Å². The van der Waals surface area contributed by atoms with Crippen molar-refractivity contribution in [2.45, 2.75) is 77.7 Å². The van der Waals surface area contributed by atoms with Gasteiger partial charge in [0.15, 0.2) is 0 Å². The Hall–Kier alpha value is -7.42. The molecule has 0 fully saturated rings. The molecular weight excluding hydrogens is 829 g/mol. The van der Waals surface area contributed by atoms with E-state index in [0.717, 1.165) is 55.9 Å². The number of aliphatic hydroxyl groups is 2. The lowest BCUT2D eigenvalue weighted by molar-refractivity contribution is 0.112. The van der Waals surface area contributed by atoms with E-state index >= 15 is 0 Å². The molecule has 346 valence electrons. The third kappa shape index (κ3) is 11.7. The predicted octanol–water partition coefficient (Wildman–Crippen LogP) is 15.2. The van der Waals surface area contributed by atoms with Crippen molar-refractivity contribution in [1.29, 1.82) is 0 Å². The van der Waals surface area contributed by atoms with Crippen molar-refractivity contribution in [1.82, 2.24) is 0 Å². The SMILES string of the molecule is C/C=C/C(C)(O)c1ccccc1NC(c1ccccc1)(c1ccccc1)c1ccccc1.CC.CC.CC#CC(C)(O)c1ccccc1NC(c1ccccc1)(c1ccccc1)c1ccccc1. The summed E-state index contributed by atoms with van der Waals surface area (Å²) in [7, 11) is 0. The molecule has 0 saturated carbocycles. The van der Waals surface area contributed by atoms with Crippen LogP contribution in [0.4, 0.5) is 11.4 Å². The van der Waals surface area contributed by atoms with E-state index in [1.54, 1.807) is 13.8 Å². The van der Waals surface area contributed by atoms with Gasteiger partial charge >= 0.3 is 0 Å². The second kappa shape index (κ2) is 24.9. The molecule has 0 saturated heterocycles. The lowest BCUT2D eigenvalue weighted by Gasteiger charge is -2.39. The summed E-state index contributed by atoms with van der Waals surface area (Å²) in [5, 5.41) is 30.1. The molecule has 0 aromatic heterocycles. The molecule has 2 atom stereocenters. The normalized spacial score (nSPS) is 12.6. The lowest BCUT2D eigenvalue weighted by Crippen LogP contribution is -2.39. The Balaban J connectivity index is 0.000000237. The van der Waals surface area contributed by atoms with Gasteiger partial charge in [-0.05, 0) is 73.2 Å². The van der Waals surface area contributed by atoms with Gasteiger partial charge in [-0.1, -0.05) is 264 Å². The van der Waals surface area contributed by atoms with E-state index in [2.05, 4.69) is 168 Å². The van der Waals surface area contributed by atoms with Crippen LogP contribution in [0.5, 0.6) is 0 Å². The van der Waals surface area contributed by atoms with Crippen LogP contribution in [0.2, 0.25) is 0 Å². The topological polar surface area (TPSA) is 64.5 Å². The smallest absolute Gasteiger partial charge is 0.150 e. The first-order chi connectivity index (χ1) is 33.2. The van der Waals surface area contributed by atoms with Crippen molar-refractivity contribution < 1.29 is 10.2 Å². The molecule has 0 aliphatic rings. The Labute approximate surface area is 407 Å². The van der Waals surface area contributed by atoms with Crippen LogP contribution in [0.25, 0.3) is 0 Å². The average molecular weight is 897 g/mol. The van der Waals surface area contributed by atoms with Crippen molar-refractivity contribution in [3.05, 3.63) is 287 Å². The Kier molecular flexibility index (Phi) is 18.9. The monoisotopic (exact) mass is 897 g/mol. The highest BCUT2D eigenvalue weighted by atomic mass is 16.3. The molecule has 0 spiro atoms. The Morgan fingerprint density at radius 1 is 0.382 bits per heavy atom. The van der Waals surface area contributed by atoms with Crippen molar-refractivity contribution in [3.8, 4) is 11.8 Å². The van der Waals surface area contributed by atoms with E-state index in [1.165, 1.54) is 0 Å². The quantitative estimate of drug-likeness (QED) is 0.0529. The van der Waals surface area contributed by atoms with Gasteiger partial charge in [0.1, 0.15) is 22.3 Å². The van der Waals surface area contributed by atoms with Crippen molar-refractivity contribution in [2.24, 2.45) is 0 Å². The van der Waals surface area contributed by atoms with E-state index < -0.39 is 22.3 Å². The van der Waals surface area contributed by atoms with Crippen LogP contribution in [0, 0.1) is 11.8 Å². The van der Waals surface area contributed by atoms with Gasteiger partial charge in [0.25, 0.3) is 0 Å². The van der Waals surface area contributed by atoms with Gasteiger partial charge in [-0.2, -0.15) is 0 Å². The van der Waals surface area contributed by atoms with Crippen LogP contribution in [0.3, 0.4) is 0 Å². The first kappa shape index (κ1) is 51.6. The van der Waals surface area contributed by atoms with E-state index in [1.807, 2.05) is 139 Å². The van der Waals surface area contributed by atoms with Gasteiger partial charge < -0.3 is 20.8 Å². The number of rotatable bonds is 13. The predicted molar refractivity (Wildman–Crippen MR) is 289 cm³/mol. The number of hydrogen-bond acceptors (Lipinski definition) is 4. The molecule has 68 heavy (non-hydrogen) atoms. The Morgan fingerprint density at radius 3 is 0.912 bits per heavy atom. The lowest BCUT2D eigenvalue weighted by atomic mass is 9.76. The molecule has 8 rings (SSSR count). The first-order valence-corrected chi connectivity index (χ1v) is 23.8. The molecule has 0 radical (unpaired) electrons. The molecule has 4 N–H and O–H groups in total. The second-order valence-corrected chi connectivity index (χ2v) is 16.1. The van der Waals surface area contributed by atoms with Crippen LogP contribution >= 0.6 is 0 Å². The maximum absolute atomic E-state index is 11.2. The fourth-order valence-electron chi connectivity index (χ4n) is 8.74. The van der Waals surface area contributed by atoms with Gasteiger partial charge in [0, 0.05) is 22.5 Å². The van der Waals surface area contributed by atoms with Gasteiger partial charge in [-0.3, -0.25) is 0 Å². The molecule has 8 aromatic rings. The zero-order valence-electron chi connectivity index (χ0n) is 41.0. The van der Waals surface area contributed by atoms with Crippen molar-refractivity contribution in [2.75, 3.05) is 10.6 Å². The number of allylic oxidation sites excluding steroid dienone is 1. The number of benzene rings is 8. The Morgan fingerprint density at radius 2 is 0.632 bits per heavy atom. The summed E-state index contributed by atoms with van der Waals surface area (Å²) < 4.78 is 0. The van der Waals surface area contributed by atoms with E-state index in [9.17, 15) is 10.2 Å². The fraction of sp³-hybridized carbons (Fsp3) is 0.188. The highest BCUT2D eigenvalue weighted by Gasteiger charge is 2.39. The van der Waals surface area contributed by atoms with Crippen LogP contribution in [-0.2, 0) is 22.3 Å². The van der Waals surface area contributed by atoms with Crippen molar-refractivity contribution >= 4 is 11.4 Å². The molecule has 0 heterocycles. The van der Waals surface area contributed by atoms with E-state index in [-0.39, 0.29) is 0 Å². The highest BCUT2D eigenvalue weighted by Crippen LogP contribution is 2.44. The maximum atomic E-state index is 11.2. The third-order valence-electron chi connectivity index (χ3n) is 11.7. The van der Waals surface area contributed by atoms with Crippen LogP contribution in [-0.4, -0.2) is 10.2 Å². The summed E-state index contributed by atoms with van der Waals surface area (Å²) in [6.45, 7) is 15.2. The van der Waals surface area contributed by atoms with Gasteiger partial charge in [-0.15, -0.1) is 5.92 Å².